The van der Waals surface area contributed by atoms with Crippen molar-refractivity contribution >= 4 is 33.5 Å². The average Bonchev–Trinajstić information content (AvgIpc) is 2.20. The van der Waals surface area contributed by atoms with Gasteiger partial charge in [0.05, 0.1) is 22.0 Å². The summed E-state index contributed by atoms with van der Waals surface area (Å²) in [7, 11) is 0. The molecule has 3 nitrogen and oxygen atoms in total. The van der Waals surface area contributed by atoms with Crippen molar-refractivity contribution in [2.75, 3.05) is 0 Å². The summed E-state index contributed by atoms with van der Waals surface area (Å²) in [5, 5.41) is 8.63. The molecule has 0 aliphatic rings. The van der Waals surface area contributed by atoms with Crippen molar-refractivity contribution in [2.45, 2.75) is 26.4 Å². The number of carboxylic acids is 1. The Balaban J connectivity index is 3.29. The molecule has 1 aromatic carbocycles. The van der Waals surface area contributed by atoms with Gasteiger partial charge in [-0.3, -0.25) is 4.79 Å². The van der Waals surface area contributed by atoms with Crippen molar-refractivity contribution in [1.29, 1.82) is 0 Å². The van der Waals surface area contributed by atoms with Gasteiger partial charge in [-0.25, -0.2) is 4.39 Å². The molecule has 0 amide bonds. The van der Waals surface area contributed by atoms with Gasteiger partial charge >= 0.3 is 5.97 Å². The fourth-order valence-electron chi connectivity index (χ4n) is 1.28. The third-order valence-corrected chi connectivity index (χ3v) is 2.87. The number of halogens is 3. The molecule has 1 N–H and O–H groups in total. The Kier molecular flexibility index (Phi) is 4.77. The van der Waals surface area contributed by atoms with Crippen LogP contribution in [0.25, 0.3) is 0 Å². The zero-order valence-electron chi connectivity index (χ0n) is 9.26. The van der Waals surface area contributed by atoms with Gasteiger partial charge in [0.25, 0.3) is 0 Å². The van der Waals surface area contributed by atoms with E-state index in [1.807, 2.05) is 0 Å². The summed E-state index contributed by atoms with van der Waals surface area (Å²) in [6, 6.07) is 1.27. The third kappa shape index (κ3) is 3.57. The standard InChI is InChI=1S/C11H11BrClFO3/c1-5(2)17-11-6(4-8(15)16)3-7(13)10(14)9(11)12/h3,5H,4H2,1-2H3,(H,15,16). The first kappa shape index (κ1) is 14.3. The maximum Gasteiger partial charge on any atom is 0.307 e. The van der Waals surface area contributed by atoms with Gasteiger partial charge in [0, 0.05) is 5.56 Å². The molecule has 0 saturated heterocycles. The molecule has 0 aromatic heterocycles. The molecular weight excluding hydrogens is 314 g/mol. The molecule has 0 heterocycles. The zero-order valence-corrected chi connectivity index (χ0v) is 11.6. The molecule has 0 saturated carbocycles. The fraction of sp³-hybridized carbons (Fsp3) is 0.364. The van der Waals surface area contributed by atoms with E-state index >= 15 is 0 Å². The lowest BCUT2D eigenvalue weighted by Gasteiger charge is -2.16. The Morgan fingerprint density at radius 2 is 2.24 bits per heavy atom. The van der Waals surface area contributed by atoms with Crippen LogP contribution in [-0.2, 0) is 11.2 Å². The highest BCUT2D eigenvalue weighted by molar-refractivity contribution is 9.10. The van der Waals surface area contributed by atoms with E-state index in [2.05, 4.69) is 15.9 Å². The van der Waals surface area contributed by atoms with E-state index in [-0.39, 0.29) is 27.8 Å². The van der Waals surface area contributed by atoms with Crippen LogP contribution < -0.4 is 4.74 Å². The fourth-order valence-corrected chi connectivity index (χ4v) is 2.19. The second-order valence-corrected chi connectivity index (χ2v) is 4.91. The Bertz CT molecular complexity index is 449. The molecule has 0 spiro atoms. The van der Waals surface area contributed by atoms with Gasteiger partial charge in [-0.05, 0) is 35.8 Å². The van der Waals surface area contributed by atoms with Crippen molar-refractivity contribution in [3.63, 3.8) is 0 Å². The molecule has 0 radical (unpaired) electrons. The van der Waals surface area contributed by atoms with Crippen LogP contribution in [0.2, 0.25) is 5.02 Å². The van der Waals surface area contributed by atoms with E-state index in [0.29, 0.717) is 5.56 Å². The Morgan fingerprint density at radius 1 is 1.65 bits per heavy atom. The van der Waals surface area contributed by atoms with E-state index in [4.69, 9.17) is 21.4 Å². The predicted octanol–water partition coefficient (Wildman–Crippen LogP) is 3.66. The Hall–Kier alpha value is -0.810. The number of aliphatic carboxylic acids is 1. The van der Waals surface area contributed by atoms with Crippen LogP contribution in [0.4, 0.5) is 4.39 Å². The second-order valence-electron chi connectivity index (χ2n) is 3.71. The van der Waals surface area contributed by atoms with E-state index in [1.165, 1.54) is 6.07 Å². The van der Waals surface area contributed by atoms with Crippen LogP contribution in [0.5, 0.6) is 5.75 Å². The van der Waals surface area contributed by atoms with Gasteiger partial charge in [-0.2, -0.15) is 0 Å². The second kappa shape index (κ2) is 5.69. The minimum atomic E-state index is -1.03. The summed E-state index contributed by atoms with van der Waals surface area (Å²) < 4.78 is 19.0. The van der Waals surface area contributed by atoms with Crippen LogP contribution in [0.15, 0.2) is 10.5 Å². The van der Waals surface area contributed by atoms with Crippen molar-refractivity contribution in [3.8, 4) is 5.75 Å². The zero-order chi connectivity index (χ0) is 13.2. The summed E-state index contributed by atoms with van der Waals surface area (Å²) in [6.07, 6.45) is -0.472. The van der Waals surface area contributed by atoms with Gasteiger partial charge in [0.2, 0.25) is 0 Å². The van der Waals surface area contributed by atoms with Gasteiger partial charge in [0.1, 0.15) is 5.75 Å². The number of carbonyl (C=O) groups is 1. The lowest BCUT2D eigenvalue weighted by atomic mass is 10.1. The van der Waals surface area contributed by atoms with Crippen molar-refractivity contribution in [3.05, 3.63) is 26.9 Å². The first-order valence-electron chi connectivity index (χ1n) is 4.87. The largest absolute Gasteiger partial charge is 0.489 e. The molecule has 0 bridgehead atoms. The number of ether oxygens (including phenoxy) is 1. The Morgan fingerprint density at radius 3 is 2.71 bits per heavy atom. The minimum Gasteiger partial charge on any atom is -0.489 e. The quantitative estimate of drug-likeness (QED) is 0.859. The van der Waals surface area contributed by atoms with Crippen LogP contribution in [0.3, 0.4) is 0 Å². The Labute approximate surface area is 112 Å². The number of hydrogen-bond donors (Lipinski definition) is 1. The maximum absolute atomic E-state index is 13.6. The monoisotopic (exact) mass is 324 g/mol. The summed E-state index contributed by atoms with van der Waals surface area (Å²) in [5.41, 5.74) is 0.337. The number of rotatable bonds is 4. The third-order valence-electron chi connectivity index (χ3n) is 1.89. The first-order chi connectivity index (χ1) is 7.82. The summed E-state index contributed by atoms with van der Waals surface area (Å²) >= 11 is 8.68. The lowest BCUT2D eigenvalue weighted by molar-refractivity contribution is -0.136. The van der Waals surface area contributed by atoms with Crippen LogP contribution in [0.1, 0.15) is 19.4 Å². The van der Waals surface area contributed by atoms with Crippen molar-refractivity contribution in [1.82, 2.24) is 0 Å². The molecule has 94 valence electrons. The molecule has 0 aliphatic heterocycles. The summed E-state index contributed by atoms with van der Waals surface area (Å²) in [6.45, 7) is 3.53. The molecule has 0 aliphatic carbocycles. The predicted molar refractivity (Wildman–Crippen MR) is 66.2 cm³/mol. The van der Waals surface area contributed by atoms with Gasteiger partial charge in [-0.15, -0.1) is 0 Å². The summed E-state index contributed by atoms with van der Waals surface area (Å²) in [5.74, 6) is -1.51. The van der Waals surface area contributed by atoms with Crippen LogP contribution >= 0.6 is 27.5 Å². The molecule has 0 fully saturated rings. The van der Waals surface area contributed by atoms with E-state index in [0.717, 1.165) is 0 Å². The van der Waals surface area contributed by atoms with Gasteiger partial charge in [-0.1, -0.05) is 11.6 Å². The molecule has 1 aromatic rings. The number of benzene rings is 1. The number of carboxylic acid groups (broad SMARTS) is 1. The minimum absolute atomic E-state index is 0.0509. The first-order valence-corrected chi connectivity index (χ1v) is 6.04. The van der Waals surface area contributed by atoms with Gasteiger partial charge < -0.3 is 9.84 Å². The molecule has 6 heteroatoms. The van der Waals surface area contributed by atoms with Crippen molar-refractivity contribution in [2.24, 2.45) is 0 Å². The molecular formula is C11H11BrClFO3. The van der Waals surface area contributed by atoms with Gasteiger partial charge in [0.15, 0.2) is 5.82 Å². The molecule has 1 rings (SSSR count). The van der Waals surface area contributed by atoms with E-state index < -0.39 is 11.8 Å². The maximum atomic E-state index is 13.6. The number of hydrogen-bond acceptors (Lipinski definition) is 2. The van der Waals surface area contributed by atoms with E-state index in [9.17, 15) is 9.18 Å². The summed E-state index contributed by atoms with van der Waals surface area (Å²) in [4.78, 5) is 10.7. The molecule has 0 atom stereocenters. The average molecular weight is 326 g/mol. The highest BCUT2D eigenvalue weighted by Gasteiger charge is 2.19. The van der Waals surface area contributed by atoms with E-state index in [1.54, 1.807) is 13.8 Å². The molecule has 17 heavy (non-hydrogen) atoms. The van der Waals surface area contributed by atoms with Crippen LogP contribution in [-0.4, -0.2) is 17.2 Å². The van der Waals surface area contributed by atoms with Crippen LogP contribution in [0, 0.1) is 5.82 Å². The highest BCUT2D eigenvalue weighted by atomic mass is 79.9. The topological polar surface area (TPSA) is 46.5 Å². The SMILES string of the molecule is CC(C)Oc1c(CC(=O)O)cc(Cl)c(F)c1Br. The smallest absolute Gasteiger partial charge is 0.307 e. The van der Waals surface area contributed by atoms with Crippen molar-refractivity contribution < 1.29 is 19.0 Å². The normalized spacial score (nSPS) is 10.7. The molecule has 0 unspecified atom stereocenters. The highest BCUT2D eigenvalue weighted by Crippen LogP contribution is 2.37. The lowest BCUT2D eigenvalue weighted by Crippen LogP contribution is -2.11.